The molecule has 3 N–H and O–H groups in total. The molecule has 0 saturated heterocycles. The quantitative estimate of drug-likeness (QED) is 0.888. The number of carbonyl (C=O) groups excluding carboxylic acids is 1. The van der Waals surface area contributed by atoms with Crippen molar-refractivity contribution in [3.05, 3.63) is 33.8 Å². The van der Waals surface area contributed by atoms with Crippen LogP contribution in [0.2, 0.25) is 0 Å². The first-order chi connectivity index (χ1) is 7.58. The predicted octanol–water partition coefficient (Wildman–Crippen LogP) is 2.04. The lowest BCUT2D eigenvalue weighted by Gasteiger charge is -2.16. The number of halogens is 1. The fraction of sp³-hybridized carbons (Fsp3) is 0.417. The third-order valence-corrected chi connectivity index (χ3v) is 3.67. The van der Waals surface area contributed by atoms with Crippen molar-refractivity contribution >= 4 is 21.8 Å². The monoisotopic (exact) mass is 282 g/mol. The molecule has 1 aromatic carbocycles. The molecule has 1 fully saturated rings. The summed E-state index contributed by atoms with van der Waals surface area (Å²) in [5.41, 5.74) is 7.48. The van der Waals surface area contributed by atoms with Crippen molar-refractivity contribution < 1.29 is 4.79 Å². The van der Waals surface area contributed by atoms with Gasteiger partial charge in [-0.25, -0.2) is 0 Å². The molecule has 0 bridgehead atoms. The summed E-state index contributed by atoms with van der Waals surface area (Å²) in [6, 6.07) is 5.98. The Hall–Kier alpha value is -0.870. The van der Waals surface area contributed by atoms with Crippen molar-refractivity contribution in [1.82, 2.24) is 5.32 Å². The number of benzene rings is 1. The van der Waals surface area contributed by atoms with Crippen LogP contribution < -0.4 is 11.1 Å². The van der Waals surface area contributed by atoms with Gasteiger partial charge in [-0.15, -0.1) is 0 Å². The maximum Gasteiger partial charge on any atom is 0.239 e. The Morgan fingerprint density at radius 1 is 1.56 bits per heavy atom. The molecule has 4 heteroatoms. The number of hydrogen-bond donors (Lipinski definition) is 2. The topological polar surface area (TPSA) is 55.1 Å². The van der Waals surface area contributed by atoms with Crippen LogP contribution in [0, 0.1) is 6.92 Å². The highest BCUT2D eigenvalue weighted by Crippen LogP contribution is 2.26. The molecule has 1 unspecified atom stereocenters. The largest absolute Gasteiger partial charge is 0.368 e. The second kappa shape index (κ2) is 4.55. The van der Waals surface area contributed by atoms with Crippen molar-refractivity contribution in [2.45, 2.75) is 31.8 Å². The maximum atomic E-state index is 11.4. The van der Waals surface area contributed by atoms with E-state index in [0.717, 1.165) is 28.4 Å². The van der Waals surface area contributed by atoms with Gasteiger partial charge in [0.1, 0.15) is 6.04 Å². The number of amides is 1. The fourth-order valence-electron chi connectivity index (χ4n) is 1.68. The van der Waals surface area contributed by atoms with E-state index in [0.29, 0.717) is 6.04 Å². The van der Waals surface area contributed by atoms with Crippen LogP contribution >= 0.6 is 15.9 Å². The average Bonchev–Trinajstić information content (AvgIpc) is 3.02. The Morgan fingerprint density at radius 2 is 2.25 bits per heavy atom. The fourth-order valence-corrected chi connectivity index (χ4v) is 1.92. The lowest BCUT2D eigenvalue weighted by Crippen LogP contribution is -2.34. The number of aryl methyl sites for hydroxylation is 1. The zero-order chi connectivity index (χ0) is 11.7. The minimum atomic E-state index is -0.362. The molecule has 86 valence electrons. The predicted molar refractivity (Wildman–Crippen MR) is 67.0 cm³/mol. The molecule has 0 spiro atoms. The number of carbonyl (C=O) groups is 1. The lowest BCUT2D eigenvalue weighted by atomic mass is 10.0. The molecule has 0 aliphatic heterocycles. The van der Waals surface area contributed by atoms with Gasteiger partial charge in [0.05, 0.1) is 0 Å². The molecule has 2 rings (SSSR count). The van der Waals surface area contributed by atoms with E-state index in [9.17, 15) is 4.79 Å². The minimum absolute atomic E-state index is 0.311. The highest BCUT2D eigenvalue weighted by atomic mass is 79.9. The van der Waals surface area contributed by atoms with Crippen LogP contribution in [-0.2, 0) is 4.79 Å². The summed E-state index contributed by atoms with van der Waals surface area (Å²) >= 11 is 3.44. The van der Waals surface area contributed by atoms with Gasteiger partial charge in [-0.1, -0.05) is 28.1 Å². The Balaban J connectivity index is 2.22. The summed E-state index contributed by atoms with van der Waals surface area (Å²) in [6.45, 7) is 2.00. The smallest absolute Gasteiger partial charge is 0.239 e. The van der Waals surface area contributed by atoms with Crippen LogP contribution in [0.15, 0.2) is 22.7 Å². The molecule has 0 heterocycles. The molecule has 3 nitrogen and oxygen atoms in total. The first-order valence-electron chi connectivity index (χ1n) is 5.39. The zero-order valence-electron chi connectivity index (χ0n) is 9.16. The Bertz CT molecular complexity index is 415. The average molecular weight is 283 g/mol. The van der Waals surface area contributed by atoms with Crippen molar-refractivity contribution in [3.8, 4) is 0 Å². The molecule has 0 aromatic heterocycles. The molecular weight excluding hydrogens is 268 g/mol. The SMILES string of the molecule is Cc1cc(C(NC2CC2)C(N)=O)ccc1Br. The summed E-state index contributed by atoms with van der Waals surface area (Å²) in [7, 11) is 0. The van der Waals surface area contributed by atoms with Gasteiger partial charge in [-0.05, 0) is 37.0 Å². The van der Waals surface area contributed by atoms with E-state index in [4.69, 9.17) is 5.73 Å². The van der Waals surface area contributed by atoms with Crippen LogP contribution in [0.4, 0.5) is 0 Å². The van der Waals surface area contributed by atoms with E-state index in [1.807, 2.05) is 25.1 Å². The van der Waals surface area contributed by atoms with E-state index in [-0.39, 0.29) is 11.9 Å². The standard InChI is InChI=1S/C12H15BrN2O/c1-7-6-8(2-5-10(7)13)11(12(14)16)15-9-3-4-9/h2,5-6,9,11,15H,3-4H2,1H3,(H2,14,16). The van der Waals surface area contributed by atoms with Gasteiger partial charge < -0.3 is 5.73 Å². The zero-order valence-corrected chi connectivity index (χ0v) is 10.8. The third-order valence-electron chi connectivity index (χ3n) is 2.78. The Labute approximate surface area is 104 Å². The third kappa shape index (κ3) is 2.62. The van der Waals surface area contributed by atoms with Crippen LogP contribution in [0.25, 0.3) is 0 Å². The molecule has 1 amide bonds. The summed E-state index contributed by atoms with van der Waals surface area (Å²) < 4.78 is 1.05. The molecule has 0 radical (unpaired) electrons. The Kier molecular flexibility index (Phi) is 3.30. The second-order valence-corrected chi connectivity index (χ2v) is 5.14. The van der Waals surface area contributed by atoms with Crippen molar-refractivity contribution in [3.63, 3.8) is 0 Å². The van der Waals surface area contributed by atoms with Crippen LogP contribution in [0.3, 0.4) is 0 Å². The molecule has 1 aliphatic carbocycles. The highest BCUT2D eigenvalue weighted by Gasteiger charge is 2.28. The normalized spacial score (nSPS) is 17.1. The van der Waals surface area contributed by atoms with Crippen molar-refractivity contribution in [1.29, 1.82) is 0 Å². The number of hydrogen-bond acceptors (Lipinski definition) is 2. The lowest BCUT2D eigenvalue weighted by molar-refractivity contribution is -0.120. The van der Waals surface area contributed by atoms with E-state index in [1.165, 1.54) is 0 Å². The first-order valence-corrected chi connectivity index (χ1v) is 6.18. The van der Waals surface area contributed by atoms with Crippen molar-refractivity contribution in [2.75, 3.05) is 0 Å². The second-order valence-electron chi connectivity index (χ2n) is 4.28. The van der Waals surface area contributed by atoms with Gasteiger partial charge in [0.15, 0.2) is 0 Å². The van der Waals surface area contributed by atoms with Gasteiger partial charge in [-0.2, -0.15) is 0 Å². The van der Waals surface area contributed by atoms with Gasteiger partial charge in [-0.3, -0.25) is 10.1 Å². The number of rotatable bonds is 4. The number of nitrogens with one attached hydrogen (secondary N) is 1. The van der Waals surface area contributed by atoms with Crippen LogP contribution in [0.1, 0.15) is 30.0 Å². The molecule has 1 atom stereocenters. The Morgan fingerprint density at radius 3 is 2.75 bits per heavy atom. The highest BCUT2D eigenvalue weighted by molar-refractivity contribution is 9.10. The van der Waals surface area contributed by atoms with E-state index < -0.39 is 0 Å². The minimum Gasteiger partial charge on any atom is -0.368 e. The van der Waals surface area contributed by atoms with Crippen LogP contribution in [0.5, 0.6) is 0 Å². The van der Waals surface area contributed by atoms with Crippen molar-refractivity contribution in [2.24, 2.45) is 5.73 Å². The van der Waals surface area contributed by atoms with Crippen LogP contribution in [-0.4, -0.2) is 11.9 Å². The van der Waals surface area contributed by atoms with E-state index in [1.54, 1.807) is 0 Å². The molecule has 1 saturated carbocycles. The number of primary amides is 1. The molecule has 16 heavy (non-hydrogen) atoms. The van der Waals surface area contributed by atoms with Gasteiger partial charge in [0.25, 0.3) is 0 Å². The first kappa shape index (κ1) is 11.6. The molecule has 1 aromatic rings. The maximum absolute atomic E-state index is 11.4. The summed E-state index contributed by atoms with van der Waals surface area (Å²) in [5, 5.41) is 3.26. The summed E-state index contributed by atoms with van der Waals surface area (Å²) in [5.74, 6) is -0.311. The van der Waals surface area contributed by atoms with Gasteiger partial charge in [0, 0.05) is 10.5 Å². The van der Waals surface area contributed by atoms with Gasteiger partial charge in [0.2, 0.25) is 5.91 Å². The molecular formula is C12H15BrN2O. The number of nitrogens with two attached hydrogens (primary N) is 1. The summed E-state index contributed by atoms with van der Waals surface area (Å²) in [4.78, 5) is 11.4. The van der Waals surface area contributed by atoms with Gasteiger partial charge >= 0.3 is 0 Å². The summed E-state index contributed by atoms with van der Waals surface area (Å²) in [6.07, 6.45) is 2.28. The van der Waals surface area contributed by atoms with E-state index >= 15 is 0 Å². The van der Waals surface area contributed by atoms with E-state index in [2.05, 4.69) is 21.2 Å². The molecule has 1 aliphatic rings.